The number of hydrogen-bond donors (Lipinski definition) is 2. The molecule has 24 heavy (non-hydrogen) atoms. The lowest BCUT2D eigenvalue weighted by molar-refractivity contribution is -0.128. The third kappa shape index (κ3) is 4.91. The van der Waals surface area contributed by atoms with E-state index in [4.69, 9.17) is 4.52 Å². The van der Waals surface area contributed by atoms with Crippen LogP contribution in [0.1, 0.15) is 25.2 Å². The zero-order valence-electron chi connectivity index (χ0n) is 13.8. The van der Waals surface area contributed by atoms with Crippen LogP contribution in [0.25, 0.3) is 0 Å². The molecule has 0 saturated heterocycles. The Kier molecular flexibility index (Phi) is 5.68. The number of benzene rings is 1. The normalized spacial score (nSPS) is 13.2. The highest BCUT2D eigenvalue weighted by Gasteiger charge is 2.20. The lowest BCUT2D eigenvalue weighted by atomic mass is 10.00. The first-order valence-electron chi connectivity index (χ1n) is 7.64. The molecular weight excluding hydrogens is 313 g/mol. The summed E-state index contributed by atoms with van der Waals surface area (Å²) in [5.74, 6) is -0.416. The summed E-state index contributed by atoms with van der Waals surface area (Å²) in [6.07, 6.45) is 0.461. The molecule has 2 N–H and O–H groups in total. The Bertz CT molecular complexity index is 712. The molecule has 0 spiro atoms. The van der Waals surface area contributed by atoms with E-state index < -0.39 is 6.04 Å². The van der Waals surface area contributed by atoms with Crippen molar-refractivity contribution < 1.29 is 18.5 Å². The first-order chi connectivity index (χ1) is 11.3. The van der Waals surface area contributed by atoms with Crippen LogP contribution in [-0.4, -0.2) is 23.0 Å². The second kappa shape index (κ2) is 7.72. The number of carbonyl (C=O) groups excluding carboxylic acids is 2. The Morgan fingerprint density at radius 1 is 1.21 bits per heavy atom. The third-order valence-corrected chi connectivity index (χ3v) is 3.53. The van der Waals surface area contributed by atoms with Crippen molar-refractivity contribution in [3.63, 3.8) is 0 Å². The van der Waals surface area contributed by atoms with Gasteiger partial charge in [0.1, 0.15) is 17.6 Å². The van der Waals surface area contributed by atoms with Crippen LogP contribution in [0.3, 0.4) is 0 Å². The van der Waals surface area contributed by atoms with Gasteiger partial charge in [0.25, 0.3) is 0 Å². The third-order valence-electron chi connectivity index (χ3n) is 3.53. The van der Waals surface area contributed by atoms with Gasteiger partial charge in [-0.2, -0.15) is 0 Å². The van der Waals surface area contributed by atoms with Crippen LogP contribution in [0.2, 0.25) is 0 Å². The topological polar surface area (TPSA) is 84.2 Å². The van der Waals surface area contributed by atoms with E-state index in [1.165, 1.54) is 12.1 Å². The molecule has 0 aliphatic heterocycles. The highest BCUT2D eigenvalue weighted by Crippen LogP contribution is 2.11. The standard InChI is InChI=1S/C17H20FN3O3/c1-10(8-13-4-6-14(18)7-5-13)16(22)19-12(3)17(23)20-15-9-11(2)24-21-15/h4-7,9-10,12H,8H2,1-3H3,(H,19,22)(H,20,21,23)/t10?,12-/m0/s1. The van der Waals surface area contributed by atoms with Crippen molar-refractivity contribution in [3.05, 3.63) is 47.5 Å². The molecule has 2 aromatic rings. The van der Waals surface area contributed by atoms with E-state index in [-0.39, 0.29) is 23.5 Å². The molecule has 2 rings (SSSR count). The number of aromatic nitrogens is 1. The summed E-state index contributed by atoms with van der Waals surface area (Å²) < 4.78 is 17.7. The first kappa shape index (κ1) is 17.7. The Morgan fingerprint density at radius 3 is 2.46 bits per heavy atom. The molecule has 1 heterocycles. The van der Waals surface area contributed by atoms with E-state index in [0.717, 1.165) is 5.56 Å². The highest BCUT2D eigenvalue weighted by atomic mass is 19.1. The van der Waals surface area contributed by atoms with E-state index >= 15 is 0 Å². The Labute approximate surface area is 139 Å². The smallest absolute Gasteiger partial charge is 0.247 e. The summed E-state index contributed by atoms with van der Waals surface area (Å²) in [5, 5.41) is 8.88. The maximum atomic E-state index is 12.9. The van der Waals surface area contributed by atoms with Crippen LogP contribution >= 0.6 is 0 Å². The number of amides is 2. The summed E-state index contributed by atoms with van der Waals surface area (Å²) in [7, 11) is 0. The molecule has 0 fully saturated rings. The minimum Gasteiger partial charge on any atom is -0.360 e. The number of aryl methyl sites for hydroxylation is 1. The summed E-state index contributed by atoms with van der Waals surface area (Å²) in [6.45, 7) is 5.06. The number of rotatable bonds is 6. The van der Waals surface area contributed by atoms with Crippen LogP contribution in [0, 0.1) is 18.7 Å². The second-order valence-corrected chi connectivity index (χ2v) is 5.77. The minimum absolute atomic E-state index is 0.252. The average molecular weight is 333 g/mol. The molecule has 0 radical (unpaired) electrons. The molecule has 0 aliphatic carbocycles. The molecule has 7 heteroatoms. The molecule has 1 aromatic heterocycles. The van der Waals surface area contributed by atoms with Crippen molar-refractivity contribution in [1.29, 1.82) is 0 Å². The first-order valence-corrected chi connectivity index (χ1v) is 7.64. The van der Waals surface area contributed by atoms with Gasteiger partial charge in [0, 0.05) is 12.0 Å². The van der Waals surface area contributed by atoms with Crippen molar-refractivity contribution in [3.8, 4) is 0 Å². The fourth-order valence-electron chi connectivity index (χ4n) is 2.15. The fourth-order valence-corrected chi connectivity index (χ4v) is 2.15. The van der Waals surface area contributed by atoms with Gasteiger partial charge in [-0.3, -0.25) is 9.59 Å². The highest BCUT2D eigenvalue weighted by molar-refractivity contribution is 5.96. The lowest BCUT2D eigenvalue weighted by Gasteiger charge is -2.17. The summed E-state index contributed by atoms with van der Waals surface area (Å²) in [4.78, 5) is 24.2. The molecule has 1 unspecified atom stereocenters. The van der Waals surface area contributed by atoms with Gasteiger partial charge in [-0.1, -0.05) is 24.2 Å². The Hall–Kier alpha value is -2.70. The van der Waals surface area contributed by atoms with Crippen LogP contribution in [0.15, 0.2) is 34.9 Å². The number of carbonyl (C=O) groups is 2. The van der Waals surface area contributed by atoms with E-state index in [9.17, 15) is 14.0 Å². The maximum absolute atomic E-state index is 12.9. The molecule has 1 aromatic carbocycles. The van der Waals surface area contributed by atoms with E-state index in [2.05, 4.69) is 15.8 Å². The second-order valence-electron chi connectivity index (χ2n) is 5.77. The molecular formula is C17H20FN3O3. The Balaban J connectivity index is 1.85. The largest absolute Gasteiger partial charge is 0.360 e. The van der Waals surface area contributed by atoms with Crippen molar-refractivity contribution in [2.45, 2.75) is 33.2 Å². The molecule has 6 nitrogen and oxygen atoms in total. The van der Waals surface area contributed by atoms with Crippen LogP contribution < -0.4 is 10.6 Å². The van der Waals surface area contributed by atoms with Crippen LogP contribution in [0.5, 0.6) is 0 Å². The number of hydrogen-bond acceptors (Lipinski definition) is 4. The summed E-state index contributed by atoms with van der Waals surface area (Å²) >= 11 is 0. The van der Waals surface area contributed by atoms with E-state index in [0.29, 0.717) is 18.0 Å². The molecule has 0 saturated carbocycles. The Morgan fingerprint density at radius 2 is 1.88 bits per heavy atom. The number of nitrogens with zero attached hydrogens (tertiary/aromatic N) is 1. The van der Waals surface area contributed by atoms with Gasteiger partial charge in [-0.25, -0.2) is 4.39 Å². The molecule has 0 aliphatic rings. The van der Waals surface area contributed by atoms with Gasteiger partial charge >= 0.3 is 0 Å². The van der Waals surface area contributed by atoms with Gasteiger partial charge in [0.15, 0.2) is 5.82 Å². The fraction of sp³-hybridized carbons (Fsp3) is 0.353. The van der Waals surface area contributed by atoms with E-state index in [1.807, 2.05) is 0 Å². The quantitative estimate of drug-likeness (QED) is 0.850. The van der Waals surface area contributed by atoms with E-state index in [1.54, 1.807) is 39.0 Å². The van der Waals surface area contributed by atoms with Crippen molar-refractivity contribution in [2.75, 3.05) is 5.32 Å². The number of anilines is 1. The molecule has 2 amide bonds. The zero-order chi connectivity index (χ0) is 17.7. The van der Waals surface area contributed by atoms with Gasteiger partial charge in [0.2, 0.25) is 11.8 Å². The number of halogens is 1. The SMILES string of the molecule is Cc1cc(NC(=O)[C@H](C)NC(=O)C(C)Cc2ccc(F)cc2)no1. The lowest BCUT2D eigenvalue weighted by Crippen LogP contribution is -2.44. The summed E-state index contributed by atoms with van der Waals surface area (Å²) in [5.41, 5.74) is 0.856. The van der Waals surface area contributed by atoms with Crippen LogP contribution in [-0.2, 0) is 16.0 Å². The maximum Gasteiger partial charge on any atom is 0.247 e. The molecule has 0 bridgehead atoms. The van der Waals surface area contributed by atoms with Gasteiger partial charge in [-0.05, 0) is 38.0 Å². The van der Waals surface area contributed by atoms with Crippen molar-refractivity contribution in [1.82, 2.24) is 10.5 Å². The average Bonchev–Trinajstić information content (AvgIpc) is 2.94. The van der Waals surface area contributed by atoms with Gasteiger partial charge < -0.3 is 15.2 Å². The number of nitrogens with one attached hydrogen (secondary N) is 2. The van der Waals surface area contributed by atoms with Crippen LogP contribution in [0.4, 0.5) is 10.2 Å². The molecule has 2 atom stereocenters. The monoisotopic (exact) mass is 333 g/mol. The zero-order valence-corrected chi connectivity index (χ0v) is 13.8. The van der Waals surface area contributed by atoms with Gasteiger partial charge in [-0.15, -0.1) is 0 Å². The minimum atomic E-state index is -0.717. The summed E-state index contributed by atoms with van der Waals surface area (Å²) in [6, 6.07) is 6.87. The predicted molar refractivity (Wildman–Crippen MR) is 86.7 cm³/mol. The van der Waals surface area contributed by atoms with Crippen molar-refractivity contribution in [2.24, 2.45) is 5.92 Å². The van der Waals surface area contributed by atoms with Crippen molar-refractivity contribution >= 4 is 17.6 Å². The van der Waals surface area contributed by atoms with Gasteiger partial charge in [0.05, 0.1) is 0 Å². The predicted octanol–water partition coefficient (Wildman–Crippen LogP) is 2.44. The molecule has 128 valence electrons.